The second kappa shape index (κ2) is 7.48. The number of hydrogen-bond acceptors (Lipinski definition) is 5. The zero-order chi connectivity index (χ0) is 17.8. The van der Waals surface area contributed by atoms with E-state index in [-0.39, 0.29) is 11.2 Å². The van der Waals surface area contributed by atoms with Crippen LogP contribution < -0.4 is 14.8 Å². The van der Waals surface area contributed by atoms with E-state index >= 15 is 0 Å². The van der Waals surface area contributed by atoms with Gasteiger partial charge in [0.25, 0.3) is 0 Å². The molecule has 3 aromatic rings. The van der Waals surface area contributed by atoms with Crippen molar-refractivity contribution in [3.05, 3.63) is 42.5 Å². The minimum atomic E-state index is -0.327. The quantitative estimate of drug-likeness (QED) is 0.658. The van der Waals surface area contributed by atoms with Crippen LogP contribution >= 0.6 is 11.8 Å². The van der Waals surface area contributed by atoms with Crippen molar-refractivity contribution in [3.63, 3.8) is 0 Å². The Hall–Kier alpha value is -2.67. The number of thioether (sulfide) groups is 1. The van der Waals surface area contributed by atoms with Gasteiger partial charge in [-0.05, 0) is 31.2 Å². The first-order chi connectivity index (χ1) is 12.1. The number of rotatable bonds is 6. The molecular formula is C18H19N3O3S. The van der Waals surface area contributed by atoms with Crippen molar-refractivity contribution in [1.29, 1.82) is 0 Å². The zero-order valence-corrected chi connectivity index (χ0v) is 15.0. The smallest absolute Gasteiger partial charge is 0.237 e. The Balaban J connectivity index is 1.70. The average molecular weight is 357 g/mol. The number of H-pyrrole nitrogens is 1. The highest BCUT2D eigenvalue weighted by Gasteiger charge is 2.18. The summed E-state index contributed by atoms with van der Waals surface area (Å²) in [6.45, 7) is 1.84. The zero-order valence-electron chi connectivity index (χ0n) is 14.2. The van der Waals surface area contributed by atoms with Crippen molar-refractivity contribution >= 4 is 34.4 Å². The predicted molar refractivity (Wildman–Crippen MR) is 99.6 cm³/mol. The largest absolute Gasteiger partial charge is 0.497 e. The Morgan fingerprint density at radius 3 is 2.76 bits per heavy atom. The molecule has 0 bridgehead atoms. The Bertz CT molecular complexity index is 894. The molecule has 1 atom stereocenters. The van der Waals surface area contributed by atoms with E-state index in [0.717, 1.165) is 16.8 Å². The number of aromatic nitrogens is 2. The van der Waals surface area contributed by atoms with E-state index < -0.39 is 0 Å². The number of anilines is 1. The van der Waals surface area contributed by atoms with Crippen LogP contribution in [-0.4, -0.2) is 35.3 Å². The fourth-order valence-electron chi connectivity index (χ4n) is 2.35. The minimum absolute atomic E-state index is 0.118. The molecule has 0 saturated carbocycles. The lowest BCUT2D eigenvalue weighted by Crippen LogP contribution is -2.22. The third kappa shape index (κ3) is 3.88. The van der Waals surface area contributed by atoms with E-state index in [2.05, 4.69) is 15.3 Å². The molecule has 0 aliphatic heterocycles. The summed E-state index contributed by atoms with van der Waals surface area (Å²) in [6.07, 6.45) is 0. The molecule has 0 saturated heterocycles. The summed E-state index contributed by atoms with van der Waals surface area (Å²) in [5.74, 6) is 1.27. The van der Waals surface area contributed by atoms with Crippen LogP contribution in [0.2, 0.25) is 0 Å². The monoisotopic (exact) mass is 357 g/mol. The highest BCUT2D eigenvalue weighted by molar-refractivity contribution is 8.00. The van der Waals surface area contributed by atoms with Crippen LogP contribution in [0.5, 0.6) is 11.5 Å². The molecule has 0 aliphatic rings. The standard InChI is InChI=1S/C18H19N3O3S/c1-11(17(22)19-14-6-4-5-7-16(14)24-3)25-18-20-13-9-8-12(23-2)10-15(13)21-18/h4-11H,1-3H3,(H,19,22)(H,20,21)/t11-/m1/s1. The van der Waals surface area contributed by atoms with Crippen LogP contribution in [0.25, 0.3) is 11.0 Å². The maximum Gasteiger partial charge on any atom is 0.237 e. The number of fused-ring (bicyclic) bond motifs is 1. The van der Waals surface area contributed by atoms with Crippen LogP contribution in [0.4, 0.5) is 5.69 Å². The van der Waals surface area contributed by atoms with E-state index in [0.29, 0.717) is 16.6 Å². The first-order valence-electron chi connectivity index (χ1n) is 7.75. The molecule has 6 nitrogen and oxygen atoms in total. The second-order valence-electron chi connectivity index (χ2n) is 5.37. The molecule has 7 heteroatoms. The molecule has 1 amide bonds. The molecule has 1 aromatic heterocycles. The molecule has 1 heterocycles. The van der Waals surface area contributed by atoms with Gasteiger partial charge in [-0.2, -0.15) is 0 Å². The third-order valence-corrected chi connectivity index (χ3v) is 4.67. The maximum atomic E-state index is 12.5. The lowest BCUT2D eigenvalue weighted by atomic mass is 10.3. The molecule has 0 spiro atoms. The van der Waals surface area contributed by atoms with Gasteiger partial charge in [-0.1, -0.05) is 23.9 Å². The van der Waals surface area contributed by atoms with E-state index in [9.17, 15) is 4.79 Å². The summed E-state index contributed by atoms with van der Waals surface area (Å²) in [4.78, 5) is 20.2. The molecule has 2 aromatic carbocycles. The summed E-state index contributed by atoms with van der Waals surface area (Å²) in [7, 11) is 3.20. The Morgan fingerprint density at radius 2 is 2.00 bits per heavy atom. The minimum Gasteiger partial charge on any atom is -0.497 e. The van der Waals surface area contributed by atoms with Gasteiger partial charge in [0.05, 0.1) is 36.2 Å². The summed E-state index contributed by atoms with van der Waals surface area (Å²) < 4.78 is 10.5. The van der Waals surface area contributed by atoms with Crippen LogP contribution in [0.3, 0.4) is 0 Å². The molecule has 0 fully saturated rings. The molecule has 130 valence electrons. The second-order valence-corrected chi connectivity index (χ2v) is 6.70. The number of nitrogens with zero attached hydrogens (tertiary/aromatic N) is 1. The number of benzene rings is 2. The number of methoxy groups -OCH3 is 2. The van der Waals surface area contributed by atoms with E-state index in [4.69, 9.17) is 9.47 Å². The highest BCUT2D eigenvalue weighted by atomic mass is 32.2. The van der Waals surface area contributed by atoms with Crippen molar-refractivity contribution in [2.45, 2.75) is 17.3 Å². The van der Waals surface area contributed by atoms with Gasteiger partial charge in [-0.25, -0.2) is 4.98 Å². The van der Waals surface area contributed by atoms with E-state index in [1.54, 1.807) is 20.3 Å². The van der Waals surface area contributed by atoms with Gasteiger partial charge in [0.1, 0.15) is 11.5 Å². The fourth-order valence-corrected chi connectivity index (χ4v) is 3.17. The van der Waals surface area contributed by atoms with Crippen molar-refractivity contribution in [2.75, 3.05) is 19.5 Å². The lowest BCUT2D eigenvalue weighted by molar-refractivity contribution is -0.115. The van der Waals surface area contributed by atoms with Gasteiger partial charge in [-0.15, -0.1) is 0 Å². The number of carbonyl (C=O) groups is 1. The molecule has 0 aliphatic carbocycles. The van der Waals surface area contributed by atoms with Gasteiger partial charge >= 0.3 is 0 Å². The van der Waals surface area contributed by atoms with Crippen LogP contribution in [0.1, 0.15) is 6.92 Å². The highest BCUT2D eigenvalue weighted by Crippen LogP contribution is 2.28. The number of ether oxygens (including phenoxy) is 2. The van der Waals surface area contributed by atoms with Crippen LogP contribution in [-0.2, 0) is 4.79 Å². The maximum absolute atomic E-state index is 12.5. The predicted octanol–water partition coefficient (Wildman–Crippen LogP) is 3.70. The topological polar surface area (TPSA) is 76.2 Å². The number of nitrogens with one attached hydrogen (secondary N) is 2. The average Bonchev–Trinajstić information content (AvgIpc) is 3.03. The van der Waals surface area contributed by atoms with E-state index in [1.165, 1.54) is 11.8 Å². The molecule has 0 radical (unpaired) electrons. The Kier molecular flexibility index (Phi) is 5.14. The number of aromatic amines is 1. The number of para-hydroxylation sites is 2. The van der Waals surface area contributed by atoms with Gasteiger partial charge in [0, 0.05) is 6.07 Å². The van der Waals surface area contributed by atoms with Gasteiger partial charge in [-0.3, -0.25) is 4.79 Å². The van der Waals surface area contributed by atoms with Crippen LogP contribution in [0, 0.1) is 0 Å². The van der Waals surface area contributed by atoms with Gasteiger partial charge in [0.15, 0.2) is 5.16 Å². The summed E-state index contributed by atoms with van der Waals surface area (Å²) >= 11 is 1.36. The molecule has 3 rings (SSSR count). The molecule has 0 unspecified atom stereocenters. The van der Waals surface area contributed by atoms with Crippen molar-refractivity contribution in [3.8, 4) is 11.5 Å². The van der Waals surface area contributed by atoms with Crippen LogP contribution in [0.15, 0.2) is 47.6 Å². The Labute approximate surface area is 149 Å². The van der Waals surface area contributed by atoms with Crippen molar-refractivity contribution in [2.24, 2.45) is 0 Å². The summed E-state index contributed by atoms with van der Waals surface area (Å²) in [5.41, 5.74) is 2.36. The Morgan fingerprint density at radius 1 is 1.20 bits per heavy atom. The molecular weight excluding hydrogens is 338 g/mol. The number of amides is 1. The fraction of sp³-hybridized carbons (Fsp3) is 0.222. The first-order valence-corrected chi connectivity index (χ1v) is 8.63. The van der Waals surface area contributed by atoms with Gasteiger partial charge < -0.3 is 19.8 Å². The van der Waals surface area contributed by atoms with Gasteiger partial charge in [0.2, 0.25) is 5.91 Å². The van der Waals surface area contributed by atoms with Crippen molar-refractivity contribution < 1.29 is 14.3 Å². The normalized spacial score (nSPS) is 12.0. The summed E-state index contributed by atoms with van der Waals surface area (Å²) in [5, 5.41) is 3.25. The summed E-state index contributed by atoms with van der Waals surface area (Å²) in [6, 6.07) is 12.9. The van der Waals surface area contributed by atoms with Crippen molar-refractivity contribution in [1.82, 2.24) is 9.97 Å². The molecule has 25 heavy (non-hydrogen) atoms. The SMILES string of the molecule is COc1ccc2nc(S[C@H](C)C(=O)Nc3ccccc3OC)[nH]c2c1. The third-order valence-electron chi connectivity index (χ3n) is 3.69. The number of carbonyl (C=O) groups excluding carboxylic acids is 1. The number of hydrogen-bond donors (Lipinski definition) is 2. The lowest BCUT2D eigenvalue weighted by Gasteiger charge is -2.13. The molecule has 2 N–H and O–H groups in total. The first kappa shape index (κ1) is 17.2. The van der Waals surface area contributed by atoms with E-state index in [1.807, 2.05) is 43.3 Å². The number of imidazole rings is 1.